The van der Waals surface area contributed by atoms with Gasteiger partial charge in [0.15, 0.2) is 0 Å². The highest BCUT2D eigenvalue weighted by molar-refractivity contribution is 5.77. The summed E-state index contributed by atoms with van der Waals surface area (Å²) in [6, 6.07) is 6.29. The summed E-state index contributed by atoms with van der Waals surface area (Å²) < 4.78 is 12.9. The molecule has 1 rings (SSSR count). The van der Waals surface area contributed by atoms with E-state index in [2.05, 4.69) is 5.32 Å². The number of nitrogens with one attached hydrogen (secondary N) is 1. The molecule has 0 aliphatic carbocycles. The lowest BCUT2D eigenvalue weighted by molar-refractivity contribution is -0.143. The summed E-state index contributed by atoms with van der Waals surface area (Å²) in [6.07, 6.45) is 0. The number of hydrogen-bond acceptors (Lipinski definition) is 2. The average Bonchev–Trinajstić information content (AvgIpc) is 2.27. The van der Waals surface area contributed by atoms with Crippen molar-refractivity contribution in [2.24, 2.45) is 0 Å². The Bertz CT molecular complexity index is 424. The number of carbonyl (C=O) groups is 1. The number of benzene rings is 1. The van der Waals surface area contributed by atoms with Gasteiger partial charge in [-0.3, -0.25) is 4.79 Å². The molecule has 3 nitrogen and oxygen atoms in total. The van der Waals surface area contributed by atoms with Crippen LogP contribution < -0.4 is 5.32 Å². The summed E-state index contributed by atoms with van der Waals surface area (Å²) in [7, 11) is 0. The fourth-order valence-corrected chi connectivity index (χ4v) is 1.52. The molecule has 0 spiro atoms. The van der Waals surface area contributed by atoms with Gasteiger partial charge in [-0.15, -0.1) is 0 Å². The van der Waals surface area contributed by atoms with E-state index >= 15 is 0 Å². The molecule has 4 heteroatoms. The third-order valence-electron chi connectivity index (χ3n) is 3.13. The van der Waals surface area contributed by atoms with Gasteiger partial charge in [-0.05, 0) is 31.5 Å². The monoisotopic (exact) mass is 253 g/mol. The molecule has 0 aromatic heterocycles. The maximum Gasteiger partial charge on any atom is 0.323 e. The van der Waals surface area contributed by atoms with E-state index in [0.29, 0.717) is 6.54 Å². The van der Waals surface area contributed by atoms with E-state index in [1.165, 1.54) is 12.1 Å². The van der Waals surface area contributed by atoms with Crippen molar-refractivity contribution >= 4 is 5.97 Å². The topological polar surface area (TPSA) is 49.3 Å². The molecule has 0 fully saturated rings. The average molecular weight is 253 g/mol. The largest absolute Gasteiger partial charge is 0.480 e. The van der Waals surface area contributed by atoms with Crippen LogP contribution in [0.2, 0.25) is 0 Å². The lowest BCUT2D eigenvalue weighted by atomic mass is 9.84. The Hall–Kier alpha value is -1.42. The molecule has 100 valence electrons. The Balaban J connectivity index is 2.76. The predicted octanol–water partition coefficient (Wildman–Crippen LogP) is 2.56. The van der Waals surface area contributed by atoms with Gasteiger partial charge in [-0.1, -0.05) is 26.0 Å². The van der Waals surface area contributed by atoms with E-state index in [4.69, 9.17) is 5.11 Å². The highest BCUT2D eigenvalue weighted by Crippen LogP contribution is 2.23. The third kappa shape index (κ3) is 3.53. The number of carboxylic acids is 1. The van der Waals surface area contributed by atoms with Crippen molar-refractivity contribution in [1.82, 2.24) is 5.32 Å². The fourth-order valence-electron chi connectivity index (χ4n) is 1.52. The Labute approximate surface area is 107 Å². The second kappa shape index (κ2) is 5.06. The van der Waals surface area contributed by atoms with Gasteiger partial charge in [-0.25, -0.2) is 4.39 Å². The molecule has 0 aliphatic heterocycles. The molecule has 0 amide bonds. The van der Waals surface area contributed by atoms with Crippen LogP contribution in [0.15, 0.2) is 24.3 Å². The molecule has 0 heterocycles. The lowest BCUT2D eigenvalue weighted by Gasteiger charge is -2.30. The SMILES string of the molecule is CC(C)(NCC(C)(C)c1ccc(F)cc1)C(=O)O. The summed E-state index contributed by atoms with van der Waals surface area (Å²) in [6.45, 7) is 7.72. The highest BCUT2D eigenvalue weighted by atomic mass is 19.1. The fraction of sp³-hybridized carbons (Fsp3) is 0.500. The van der Waals surface area contributed by atoms with Crippen molar-refractivity contribution in [2.75, 3.05) is 6.54 Å². The van der Waals surface area contributed by atoms with Crippen molar-refractivity contribution in [3.05, 3.63) is 35.6 Å². The van der Waals surface area contributed by atoms with Crippen LogP contribution >= 0.6 is 0 Å². The summed E-state index contributed by atoms with van der Waals surface area (Å²) in [5.41, 5.74) is -0.268. The summed E-state index contributed by atoms with van der Waals surface area (Å²) in [4.78, 5) is 11.0. The minimum absolute atomic E-state index is 0.263. The highest BCUT2D eigenvalue weighted by Gasteiger charge is 2.30. The second-order valence-electron chi connectivity index (χ2n) is 5.67. The van der Waals surface area contributed by atoms with Crippen LogP contribution in [0.4, 0.5) is 4.39 Å². The van der Waals surface area contributed by atoms with Crippen LogP contribution in [0.1, 0.15) is 33.3 Å². The van der Waals surface area contributed by atoms with E-state index in [-0.39, 0.29) is 11.2 Å². The normalized spacial score (nSPS) is 12.5. The molecule has 18 heavy (non-hydrogen) atoms. The van der Waals surface area contributed by atoms with Gasteiger partial charge < -0.3 is 10.4 Å². The van der Waals surface area contributed by atoms with Crippen LogP contribution in [-0.4, -0.2) is 23.2 Å². The molecule has 0 aliphatic rings. The molecule has 0 bridgehead atoms. The molecule has 0 unspecified atom stereocenters. The number of halogens is 1. The molecule has 0 atom stereocenters. The van der Waals surface area contributed by atoms with Crippen molar-refractivity contribution in [2.45, 2.75) is 38.6 Å². The molecule has 0 saturated carbocycles. The second-order valence-corrected chi connectivity index (χ2v) is 5.67. The molecule has 1 aromatic rings. The first-order chi connectivity index (χ1) is 8.15. The van der Waals surface area contributed by atoms with Gasteiger partial charge in [-0.2, -0.15) is 0 Å². The van der Waals surface area contributed by atoms with Gasteiger partial charge in [0.05, 0.1) is 0 Å². The van der Waals surface area contributed by atoms with E-state index in [1.54, 1.807) is 26.0 Å². The van der Waals surface area contributed by atoms with Gasteiger partial charge in [0.25, 0.3) is 0 Å². The Morgan fingerprint density at radius 1 is 1.22 bits per heavy atom. The zero-order valence-corrected chi connectivity index (χ0v) is 11.2. The standard InChI is InChI=1S/C14H20FNO2/c1-13(2,9-16-14(3,4)12(17)18)10-5-7-11(15)8-6-10/h5-8,16H,9H2,1-4H3,(H,17,18). The molecule has 0 radical (unpaired) electrons. The zero-order chi connectivity index (χ0) is 14.0. The minimum atomic E-state index is -0.975. The molecule has 2 N–H and O–H groups in total. The van der Waals surface area contributed by atoms with Gasteiger partial charge in [0, 0.05) is 12.0 Å². The third-order valence-corrected chi connectivity index (χ3v) is 3.13. The zero-order valence-electron chi connectivity index (χ0n) is 11.2. The van der Waals surface area contributed by atoms with Gasteiger partial charge in [0.1, 0.15) is 11.4 Å². The summed E-state index contributed by atoms with van der Waals surface area (Å²) in [5.74, 6) is -1.16. The molecule has 1 aromatic carbocycles. The van der Waals surface area contributed by atoms with Crippen LogP contribution in [0, 0.1) is 5.82 Å². The first-order valence-corrected chi connectivity index (χ1v) is 5.90. The van der Waals surface area contributed by atoms with E-state index < -0.39 is 11.5 Å². The number of rotatable bonds is 5. The number of carboxylic acid groups (broad SMARTS) is 1. The molecule has 0 saturated heterocycles. The van der Waals surface area contributed by atoms with E-state index in [9.17, 15) is 9.18 Å². The first-order valence-electron chi connectivity index (χ1n) is 5.90. The lowest BCUT2D eigenvalue weighted by Crippen LogP contribution is -2.50. The maximum absolute atomic E-state index is 12.9. The van der Waals surface area contributed by atoms with E-state index in [1.807, 2.05) is 13.8 Å². The Kier molecular flexibility index (Phi) is 4.12. The quantitative estimate of drug-likeness (QED) is 0.848. The van der Waals surface area contributed by atoms with Crippen LogP contribution in [-0.2, 0) is 10.2 Å². The maximum atomic E-state index is 12.9. The van der Waals surface area contributed by atoms with Crippen molar-refractivity contribution in [3.63, 3.8) is 0 Å². The van der Waals surface area contributed by atoms with Crippen LogP contribution in [0.25, 0.3) is 0 Å². The van der Waals surface area contributed by atoms with Crippen molar-refractivity contribution in [3.8, 4) is 0 Å². The Morgan fingerprint density at radius 2 is 1.72 bits per heavy atom. The van der Waals surface area contributed by atoms with Crippen LogP contribution in [0.5, 0.6) is 0 Å². The van der Waals surface area contributed by atoms with Crippen molar-refractivity contribution in [1.29, 1.82) is 0 Å². The summed E-state index contributed by atoms with van der Waals surface area (Å²) >= 11 is 0. The first kappa shape index (κ1) is 14.6. The van der Waals surface area contributed by atoms with Crippen molar-refractivity contribution < 1.29 is 14.3 Å². The molecular weight excluding hydrogens is 233 g/mol. The molecular formula is C14H20FNO2. The predicted molar refractivity (Wildman–Crippen MR) is 69.1 cm³/mol. The van der Waals surface area contributed by atoms with Gasteiger partial charge >= 0.3 is 5.97 Å². The van der Waals surface area contributed by atoms with Gasteiger partial charge in [0.2, 0.25) is 0 Å². The van der Waals surface area contributed by atoms with E-state index in [0.717, 1.165) is 5.56 Å². The smallest absolute Gasteiger partial charge is 0.323 e. The number of aliphatic carboxylic acids is 1. The van der Waals surface area contributed by atoms with Crippen LogP contribution in [0.3, 0.4) is 0 Å². The minimum Gasteiger partial charge on any atom is -0.480 e. The Morgan fingerprint density at radius 3 is 2.17 bits per heavy atom. The summed E-state index contributed by atoms with van der Waals surface area (Å²) in [5, 5.41) is 12.1. The number of hydrogen-bond donors (Lipinski definition) is 2.